The number of dihydropyridines is 1. The predicted molar refractivity (Wildman–Crippen MR) is 170 cm³/mol. The van der Waals surface area contributed by atoms with Crippen LogP contribution in [0.2, 0.25) is 0 Å². The molecular formula is C38H40N2. The third kappa shape index (κ3) is 4.88. The molecule has 1 unspecified atom stereocenters. The maximum absolute atomic E-state index is 3.74. The van der Waals surface area contributed by atoms with Gasteiger partial charge in [0.2, 0.25) is 0 Å². The molecule has 0 radical (unpaired) electrons. The lowest BCUT2D eigenvalue weighted by Gasteiger charge is -2.38. The minimum atomic E-state index is 0.0769. The second-order valence-electron chi connectivity index (χ2n) is 13.2. The molecule has 0 amide bonds. The summed E-state index contributed by atoms with van der Waals surface area (Å²) in [4.78, 5) is 2.42. The van der Waals surface area contributed by atoms with Gasteiger partial charge in [0, 0.05) is 35.8 Å². The molecule has 2 heteroatoms. The topological polar surface area (TPSA) is 15.3 Å². The van der Waals surface area contributed by atoms with Gasteiger partial charge in [-0.2, -0.15) is 0 Å². The van der Waals surface area contributed by atoms with Crippen LogP contribution < -0.4 is 5.32 Å². The van der Waals surface area contributed by atoms with Crippen molar-refractivity contribution in [3.63, 3.8) is 0 Å². The standard InChI is InChI=1S/C38H40N2/c1-37(2,3)28-17-20-35(39-23-28)32-15-11-10-14-30(32)34-25-40-24-29(38(4,5)6)18-21-36(40)33-22-27(16-19-31(33)34)26-12-8-7-9-13-26/h7-22,24-25,36,39H,23H2,1-6H3. The summed E-state index contributed by atoms with van der Waals surface area (Å²) in [5.74, 6) is 0. The third-order valence-corrected chi connectivity index (χ3v) is 8.37. The number of hydrogen-bond acceptors (Lipinski definition) is 2. The Hall–Kier alpha value is -4.04. The predicted octanol–water partition coefficient (Wildman–Crippen LogP) is 9.52. The van der Waals surface area contributed by atoms with Crippen LogP contribution in [0, 0.1) is 10.8 Å². The Balaban J connectivity index is 1.51. The van der Waals surface area contributed by atoms with Crippen molar-refractivity contribution in [3.8, 4) is 11.1 Å². The van der Waals surface area contributed by atoms with Crippen molar-refractivity contribution in [1.82, 2.24) is 10.2 Å². The summed E-state index contributed by atoms with van der Waals surface area (Å²) in [6, 6.07) is 26.7. The number of fused-ring (bicyclic) bond motifs is 3. The normalized spacial score (nSPS) is 18.6. The van der Waals surface area contributed by atoms with Gasteiger partial charge in [-0.3, -0.25) is 0 Å². The number of rotatable bonds is 3. The zero-order valence-corrected chi connectivity index (χ0v) is 24.6. The number of nitrogens with zero attached hydrogens (tertiary/aromatic N) is 1. The molecule has 0 saturated heterocycles. The van der Waals surface area contributed by atoms with Crippen LogP contribution in [0.1, 0.15) is 69.8 Å². The van der Waals surface area contributed by atoms with Gasteiger partial charge in [-0.05, 0) is 61.9 Å². The van der Waals surface area contributed by atoms with Crippen molar-refractivity contribution >= 4 is 11.3 Å². The summed E-state index contributed by atoms with van der Waals surface area (Å²) in [5, 5.41) is 3.74. The van der Waals surface area contributed by atoms with E-state index >= 15 is 0 Å². The Labute approximate surface area is 240 Å². The summed E-state index contributed by atoms with van der Waals surface area (Å²) in [7, 11) is 0. The molecule has 202 valence electrons. The fraction of sp³-hybridized carbons (Fsp3) is 0.263. The second-order valence-corrected chi connectivity index (χ2v) is 13.2. The highest BCUT2D eigenvalue weighted by Crippen LogP contribution is 2.45. The third-order valence-electron chi connectivity index (χ3n) is 8.37. The quantitative estimate of drug-likeness (QED) is 0.367. The molecule has 1 atom stereocenters. The lowest BCUT2D eigenvalue weighted by atomic mass is 9.80. The van der Waals surface area contributed by atoms with E-state index in [1.54, 1.807) is 0 Å². The Morgan fingerprint density at radius 3 is 2.10 bits per heavy atom. The molecule has 3 aromatic carbocycles. The molecule has 0 aromatic heterocycles. The zero-order chi connectivity index (χ0) is 28.1. The summed E-state index contributed by atoms with van der Waals surface area (Å²) >= 11 is 0. The number of allylic oxidation sites excluding steroid dienone is 4. The minimum Gasteiger partial charge on any atom is -0.381 e. The molecule has 3 aliphatic heterocycles. The minimum absolute atomic E-state index is 0.0769. The van der Waals surface area contributed by atoms with Gasteiger partial charge < -0.3 is 10.2 Å². The van der Waals surface area contributed by atoms with Gasteiger partial charge in [-0.1, -0.05) is 127 Å². The highest BCUT2D eigenvalue weighted by molar-refractivity contribution is 5.90. The highest BCUT2D eigenvalue weighted by Gasteiger charge is 2.31. The second kappa shape index (κ2) is 9.86. The zero-order valence-electron chi connectivity index (χ0n) is 24.6. The van der Waals surface area contributed by atoms with E-state index in [1.807, 2.05) is 0 Å². The molecule has 3 aliphatic rings. The largest absolute Gasteiger partial charge is 0.381 e. The van der Waals surface area contributed by atoms with Crippen molar-refractivity contribution in [1.29, 1.82) is 0 Å². The van der Waals surface area contributed by atoms with Gasteiger partial charge >= 0.3 is 0 Å². The van der Waals surface area contributed by atoms with Crippen LogP contribution >= 0.6 is 0 Å². The fourth-order valence-electron chi connectivity index (χ4n) is 5.84. The van der Waals surface area contributed by atoms with Gasteiger partial charge in [0.15, 0.2) is 0 Å². The Morgan fingerprint density at radius 1 is 0.700 bits per heavy atom. The monoisotopic (exact) mass is 524 g/mol. The van der Waals surface area contributed by atoms with Crippen molar-refractivity contribution in [2.75, 3.05) is 6.54 Å². The van der Waals surface area contributed by atoms with Crippen LogP contribution in [-0.2, 0) is 0 Å². The Kier molecular flexibility index (Phi) is 6.45. The first-order chi connectivity index (χ1) is 19.1. The lowest BCUT2D eigenvalue weighted by Crippen LogP contribution is -2.28. The molecular weight excluding hydrogens is 484 g/mol. The van der Waals surface area contributed by atoms with Crippen LogP contribution in [-0.4, -0.2) is 11.4 Å². The molecule has 0 fully saturated rings. The van der Waals surface area contributed by atoms with Crippen molar-refractivity contribution in [2.45, 2.75) is 47.6 Å². The summed E-state index contributed by atoms with van der Waals surface area (Å²) in [6.07, 6.45) is 14.0. The molecule has 0 aliphatic carbocycles. The summed E-state index contributed by atoms with van der Waals surface area (Å²) < 4.78 is 0. The first-order valence-electron chi connectivity index (χ1n) is 14.4. The molecule has 3 aromatic rings. The van der Waals surface area contributed by atoms with E-state index in [2.05, 4.69) is 161 Å². The van der Waals surface area contributed by atoms with E-state index in [1.165, 1.54) is 55.8 Å². The van der Waals surface area contributed by atoms with Crippen molar-refractivity contribution in [3.05, 3.63) is 143 Å². The van der Waals surface area contributed by atoms with E-state index in [0.29, 0.717) is 0 Å². The molecule has 2 nitrogen and oxygen atoms in total. The maximum atomic E-state index is 3.74. The molecule has 0 bridgehead atoms. The molecule has 1 N–H and O–H groups in total. The van der Waals surface area contributed by atoms with Gasteiger partial charge in [-0.25, -0.2) is 0 Å². The van der Waals surface area contributed by atoms with Gasteiger partial charge in [-0.15, -0.1) is 0 Å². The Bertz CT molecular complexity index is 1600. The van der Waals surface area contributed by atoms with E-state index in [0.717, 1.165) is 6.54 Å². The lowest BCUT2D eigenvalue weighted by molar-refractivity contribution is 0.401. The highest BCUT2D eigenvalue weighted by atomic mass is 15.1. The van der Waals surface area contributed by atoms with Crippen LogP contribution in [0.25, 0.3) is 22.4 Å². The molecule has 0 spiro atoms. The SMILES string of the molecule is CC(C)(C)C1=CN2C=C(c3ccccc3C3=CC=C(C(C)(C)C)CN3)c3ccc(-c4ccccc4)cc3C2C=C1. The van der Waals surface area contributed by atoms with E-state index in [4.69, 9.17) is 0 Å². The van der Waals surface area contributed by atoms with Gasteiger partial charge in [0.1, 0.15) is 0 Å². The molecule has 0 saturated carbocycles. The smallest absolute Gasteiger partial charge is 0.0773 e. The van der Waals surface area contributed by atoms with Crippen LogP contribution in [0.3, 0.4) is 0 Å². The number of nitrogens with one attached hydrogen (secondary N) is 1. The van der Waals surface area contributed by atoms with E-state index in [9.17, 15) is 0 Å². The van der Waals surface area contributed by atoms with Crippen LogP contribution in [0.5, 0.6) is 0 Å². The first kappa shape index (κ1) is 26.2. The number of benzene rings is 3. The maximum Gasteiger partial charge on any atom is 0.0773 e. The Morgan fingerprint density at radius 2 is 1.43 bits per heavy atom. The average molecular weight is 525 g/mol. The van der Waals surface area contributed by atoms with Gasteiger partial charge in [0.05, 0.1) is 6.04 Å². The molecule has 40 heavy (non-hydrogen) atoms. The molecule has 6 rings (SSSR count). The molecule has 3 heterocycles. The van der Waals surface area contributed by atoms with E-state index < -0.39 is 0 Å². The van der Waals surface area contributed by atoms with Crippen molar-refractivity contribution < 1.29 is 0 Å². The van der Waals surface area contributed by atoms with Crippen molar-refractivity contribution in [2.24, 2.45) is 10.8 Å². The number of hydrogen-bond donors (Lipinski definition) is 1. The van der Waals surface area contributed by atoms with Gasteiger partial charge in [0.25, 0.3) is 0 Å². The average Bonchev–Trinajstić information content (AvgIpc) is 2.96. The van der Waals surface area contributed by atoms with E-state index in [-0.39, 0.29) is 16.9 Å². The summed E-state index contributed by atoms with van der Waals surface area (Å²) in [6.45, 7) is 14.6. The first-order valence-corrected chi connectivity index (χ1v) is 14.4. The fourth-order valence-corrected chi connectivity index (χ4v) is 5.84. The van der Waals surface area contributed by atoms with Crippen LogP contribution in [0.15, 0.2) is 121 Å². The van der Waals surface area contributed by atoms with Crippen LogP contribution in [0.4, 0.5) is 0 Å². The summed E-state index contributed by atoms with van der Waals surface area (Å²) in [5.41, 5.74) is 13.1.